The number of hydrogen-bond donors (Lipinski definition) is 0. The first-order valence-electron chi connectivity index (χ1n) is 3.12. The van der Waals surface area contributed by atoms with E-state index in [4.69, 9.17) is 0 Å². The lowest BCUT2D eigenvalue weighted by Gasteiger charge is -1.90. The molecule has 54 valence electrons. The van der Waals surface area contributed by atoms with Crippen molar-refractivity contribution in [2.24, 2.45) is 0 Å². The zero-order valence-corrected chi connectivity index (χ0v) is 6.45. The Morgan fingerprint density at radius 3 is 2.73 bits per heavy atom. The van der Waals surface area contributed by atoms with Crippen LogP contribution in [0.2, 0.25) is 0 Å². The van der Waals surface area contributed by atoms with Crippen molar-refractivity contribution in [2.45, 2.75) is 0 Å². The van der Waals surface area contributed by atoms with Gasteiger partial charge in [0, 0.05) is 18.6 Å². The molecule has 0 saturated heterocycles. The summed E-state index contributed by atoms with van der Waals surface area (Å²) in [4.78, 5) is 13.1. The summed E-state index contributed by atoms with van der Waals surface area (Å²) >= 11 is 1.56. The molecule has 2 heterocycles. The van der Waals surface area contributed by atoms with Gasteiger partial charge in [-0.1, -0.05) is 0 Å². The second-order valence-electron chi connectivity index (χ2n) is 1.96. The molecule has 11 heavy (non-hydrogen) atoms. The van der Waals surface area contributed by atoms with E-state index in [1.807, 2.05) is 0 Å². The van der Waals surface area contributed by atoms with Crippen molar-refractivity contribution in [1.29, 1.82) is 0 Å². The van der Waals surface area contributed by atoms with Crippen LogP contribution in [0, 0.1) is 0 Å². The quantitative estimate of drug-likeness (QED) is 0.641. The van der Waals surface area contributed by atoms with E-state index in [-0.39, 0.29) is 0 Å². The van der Waals surface area contributed by atoms with Gasteiger partial charge in [0.1, 0.15) is 5.69 Å². The summed E-state index contributed by atoms with van der Waals surface area (Å²) in [6.45, 7) is 0. The molecule has 0 N–H and O–H groups in total. The Morgan fingerprint density at radius 1 is 1.09 bits per heavy atom. The average molecular weight is 163 g/mol. The van der Waals surface area contributed by atoms with Crippen LogP contribution < -0.4 is 0 Å². The maximum Gasteiger partial charge on any atom is 0.100 e. The molecule has 2 rings (SSSR count). The highest BCUT2D eigenvalue weighted by Gasteiger charge is 1.97. The van der Waals surface area contributed by atoms with Gasteiger partial charge in [0.15, 0.2) is 0 Å². The lowest BCUT2D eigenvalue weighted by atomic mass is 10.4. The molecule has 0 amide bonds. The summed E-state index contributed by atoms with van der Waals surface area (Å²) in [5, 5.41) is 0. The van der Waals surface area contributed by atoms with Crippen LogP contribution in [0.3, 0.4) is 0 Å². The molecule has 0 aliphatic rings. The number of aromatic nitrogens is 3. The first kappa shape index (κ1) is 6.42. The maximum atomic E-state index is 4.13. The Bertz CT molecular complexity index is 317. The largest absolute Gasteiger partial charge is 0.261 e. The molecule has 0 bridgehead atoms. The fraction of sp³-hybridized carbons (Fsp3) is 0. The summed E-state index contributed by atoms with van der Waals surface area (Å²) in [5.74, 6) is 0. The van der Waals surface area contributed by atoms with Gasteiger partial charge in [0.25, 0.3) is 0 Å². The van der Waals surface area contributed by atoms with Gasteiger partial charge in [0.05, 0.1) is 16.6 Å². The van der Waals surface area contributed by atoms with Gasteiger partial charge < -0.3 is 0 Å². The van der Waals surface area contributed by atoms with Crippen LogP contribution in [0.15, 0.2) is 30.3 Å². The first-order valence-corrected chi connectivity index (χ1v) is 3.99. The molecule has 0 aliphatic carbocycles. The average Bonchev–Trinajstić information content (AvgIpc) is 2.58. The van der Waals surface area contributed by atoms with Gasteiger partial charge in [0.2, 0.25) is 0 Å². The first-order chi connectivity index (χ1) is 5.47. The summed E-state index contributed by atoms with van der Waals surface area (Å²) in [6, 6.07) is 0. The van der Waals surface area contributed by atoms with E-state index >= 15 is 0 Å². The van der Waals surface area contributed by atoms with E-state index < -0.39 is 0 Å². The third-order valence-electron chi connectivity index (χ3n) is 1.25. The molecule has 2 aromatic heterocycles. The Morgan fingerprint density at radius 2 is 2.09 bits per heavy atom. The molecule has 0 fully saturated rings. The Hall–Kier alpha value is -1.29. The van der Waals surface area contributed by atoms with Crippen molar-refractivity contribution in [3.63, 3.8) is 0 Å². The minimum Gasteiger partial charge on any atom is -0.261 e. The molecular formula is C7H5N3S. The van der Waals surface area contributed by atoms with Gasteiger partial charge in [-0.2, -0.15) is 0 Å². The molecule has 0 unspecified atom stereocenters. The smallest absolute Gasteiger partial charge is 0.100 e. The van der Waals surface area contributed by atoms with Crippen molar-refractivity contribution in [2.75, 3.05) is 0 Å². The van der Waals surface area contributed by atoms with Crippen LogP contribution in [0.1, 0.15) is 0 Å². The SMILES string of the molecule is c1cnc(-c2cncs2)cn1. The van der Waals surface area contributed by atoms with E-state index in [9.17, 15) is 0 Å². The van der Waals surface area contributed by atoms with Crippen LogP contribution in [0.4, 0.5) is 0 Å². The molecule has 0 aromatic carbocycles. The summed E-state index contributed by atoms with van der Waals surface area (Å²) < 4.78 is 0. The lowest BCUT2D eigenvalue weighted by Crippen LogP contribution is -1.79. The highest BCUT2D eigenvalue weighted by atomic mass is 32.1. The lowest BCUT2D eigenvalue weighted by molar-refractivity contribution is 1.21. The van der Waals surface area contributed by atoms with Crippen molar-refractivity contribution in [3.05, 3.63) is 30.3 Å². The van der Waals surface area contributed by atoms with Crippen LogP contribution in [-0.4, -0.2) is 15.0 Å². The topological polar surface area (TPSA) is 38.7 Å². The zero-order chi connectivity index (χ0) is 7.52. The predicted octanol–water partition coefficient (Wildman–Crippen LogP) is 1.60. The molecule has 0 saturated carbocycles. The van der Waals surface area contributed by atoms with Crippen LogP contribution >= 0.6 is 11.3 Å². The second-order valence-corrected chi connectivity index (χ2v) is 2.84. The molecule has 0 aliphatic heterocycles. The number of thiazole rings is 1. The van der Waals surface area contributed by atoms with Crippen LogP contribution in [-0.2, 0) is 0 Å². The number of hydrogen-bond acceptors (Lipinski definition) is 4. The standard InChI is InChI=1S/C7H5N3S/c1-2-10-6(3-8-1)7-4-9-5-11-7/h1-5H. The minimum absolute atomic E-state index is 0.884. The molecule has 2 aromatic rings. The van der Waals surface area contributed by atoms with E-state index in [0.717, 1.165) is 10.6 Å². The summed E-state index contributed by atoms with van der Waals surface area (Å²) in [5.41, 5.74) is 2.67. The monoisotopic (exact) mass is 163 g/mol. The van der Waals surface area contributed by atoms with Gasteiger partial charge in [-0.3, -0.25) is 15.0 Å². The Kier molecular flexibility index (Phi) is 1.61. The minimum atomic E-state index is 0.884. The van der Waals surface area contributed by atoms with Gasteiger partial charge >= 0.3 is 0 Å². The Balaban J connectivity index is 2.46. The molecule has 0 radical (unpaired) electrons. The van der Waals surface area contributed by atoms with Crippen molar-refractivity contribution < 1.29 is 0 Å². The molecule has 3 nitrogen and oxygen atoms in total. The number of nitrogens with zero attached hydrogens (tertiary/aromatic N) is 3. The number of rotatable bonds is 1. The molecule has 4 heteroatoms. The zero-order valence-electron chi connectivity index (χ0n) is 5.64. The highest BCUT2D eigenvalue weighted by Crippen LogP contribution is 2.18. The predicted molar refractivity (Wildman–Crippen MR) is 43.1 cm³/mol. The normalized spacial score (nSPS) is 9.82. The van der Waals surface area contributed by atoms with E-state index in [2.05, 4.69) is 15.0 Å². The second kappa shape index (κ2) is 2.75. The molecular weight excluding hydrogens is 158 g/mol. The fourth-order valence-corrected chi connectivity index (χ4v) is 1.35. The van der Waals surface area contributed by atoms with Gasteiger partial charge in [-0.05, 0) is 0 Å². The van der Waals surface area contributed by atoms with Crippen LogP contribution in [0.25, 0.3) is 10.6 Å². The van der Waals surface area contributed by atoms with Gasteiger partial charge in [-0.15, -0.1) is 11.3 Å². The van der Waals surface area contributed by atoms with E-state index in [1.54, 1.807) is 41.6 Å². The van der Waals surface area contributed by atoms with Crippen molar-refractivity contribution in [3.8, 4) is 10.6 Å². The van der Waals surface area contributed by atoms with Crippen molar-refractivity contribution >= 4 is 11.3 Å². The highest BCUT2D eigenvalue weighted by molar-refractivity contribution is 7.13. The summed E-state index contributed by atoms with van der Waals surface area (Å²) in [7, 11) is 0. The van der Waals surface area contributed by atoms with Gasteiger partial charge in [-0.25, -0.2) is 0 Å². The van der Waals surface area contributed by atoms with Crippen molar-refractivity contribution in [1.82, 2.24) is 15.0 Å². The maximum absolute atomic E-state index is 4.13. The van der Waals surface area contributed by atoms with E-state index in [1.165, 1.54) is 0 Å². The third-order valence-corrected chi connectivity index (χ3v) is 2.04. The molecule has 0 atom stereocenters. The molecule has 0 spiro atoms. The fourth-order valence-electron chi connectivity index (χ4n) is 0.769. The summed E-state index contributed by atoms with van der Waals surface area (Å²) in [6.07, 6.45) is 6.85. The van der Waals surface area contributed by atoms with E-state index in [0.29, 0.717) is 0 Å². The third kappa shape index (κ3) is 1.25. The Labute approximate surface area is 67.8 Å². The van der Waals surface area contributed by atoms with Crippen LogP contribution in [0.5, 0.6) is 0 Å².